The number of anilines is 1. The second-order valence-electron chi connectivity index (χ2n) is 4.28. The predicted molar refractivity (Wildman–Crippen MR) is 75.0 cm³/mol. The number of carbonyl (C=O) groups is 1. The van der Waals surface area contributed by atoms with Gasteiger partial charge in [-0.15, -0.1) is 11.3 Å². The summed E-state index contributed by atoms with van der Waals surface area (Å²) < 4.78 is 0. The van der Waals surface area contributed by atoms with Crippen LogP contribution in [0, 0.1) is 13.8 Å². The number of rotatable bonds is 4. The number of benzene rings is 1. The van der Waals surface area contributed by atoms with Crippen molar-refractivity contribution in [3.05, 3.63) is 45.9 Å². The Morgan fingerprint density at radius 2 is 2.22 bits per heavy atom. The van der Waals surface area contributed by atoms with Crippen molar-refractivity contribution in [2.24, 2.45) is 0 Å². The van der Waals surface area contributed by atoms with Gasteiger partial charge in [0.1, 0.15) is 0 Å². The Hall–Kier alpha value is -1.68. The minimum atomic E-state index is 0.0336. The van der Waals surface area contributed by atoms with Crippen molar-refractivity contribution in [1.29, 1.82) is 0 Å². The fourth-order valence-corrected chi connectivity index (χ4v) is 2.36. The molecule has 1 aromatic carbocycles. The number of hydrogen-bond acceptors (Lipinski definition) is 3. The molecular weight excluding hydrogens is 244 g/mol. The largest absolute Gasteiger partial charge is 0.326 e. The van der Waals surface area contributed by atoms with E-state index in [1.54, 1.807) is 11.3 Å². The molecule has 0 spiro atoms. The van der Waals surface area contributed by atoms with Gasteiger partial charge in [0.05, 0.1) is 10.7 Å². The standard InChI is InChI=1S/C14H16N2OS/c1-10-4-3-5-12(8-10)16-14(17)7-6-13-9-18-11(2)15-13/h3-5,8-9H,6-7H2,1-2H3,(H,16,17). The summed E-state index contributed by atoms with van der Waals surface area (Å²) in [7, 11) is 0. The van der Waals surface area contributed by atoms with Gasteiger partial charge in [-0.25, -0.2) is 4.98 Å². The van der Waals surface area contributed by atoms with Crippen molar-refractivity contribution < 1.29 is 4.79 Å². The van der Waals surface area contributed by atoms with Crippen LogP contribution in [0.4, 0.5) is 5.69 Å². The van der Waals surface area contributed by atoms with Crippen LogP contribution in [-0.2, 0) is 11.2 Å². The summed E-state index contributed by atoms with van der Waals surface area (Å²) in [5.41, 5.74) is 2.99. The molecule has 2 rings (SSSR count). The zero-order valence-electron chi connectivity index (χ0n) is 10.6. The van der Waals surface area contributed by atoms with E-state index in [1.165, 1.54) is 0 Å². The lowest BCUT2D eigenvalue weighted by atomic mass is 10.2. The molecule has 1 aromatic heterocycles. The quantitative estimate of drug-likeness (QED) is 0.916. The molecule has 1 heterocycles. The summed E-state index contributed by atoms with van der Waals surface area (Å²) >= 11 is 1.62. The first-order valence-electron chi connectivity index (χ1n) is 5.91. The van der Waals surface area contributed by atoms with Gasteiger partial charge in [-0.2, -0.15) is 0 Å². The Balaban J connectivity index is 1.85. The van der Waals surface area contributed by atoms with Crippen LogP contribution in [0.5, 0.6) is 0 Å². The van der Waals surface area contributed by atoms with E-state index in [4.69, 9.17) is 0 Å². The molecule has 4 heteroatoms. The maximum atomic E-state index is 11.8. The van der Waals surface area contributed by atoms with Gasteiger partial charge in [0.2, 0.25) is 5.91 Å². The van der Waals surface area contributed by atoms with Crippen LogP contribution in [0.25, 0.3) is 0 Å². The van der Waals surface area contributed by atoms with Crippen molar-refractivity contribution in [1.82, 2.24) is 4.98 Å². The Kier molecular flexibility index (Phi) is 4.10. The zero-order chi connectivity index (χ0) is 13.0. The van der Waals surface area contributed by atoms with Gasteiger partial charge in [0.25, 0.3) is 0 Å². The number of carbonyl (C=O) groups excluding carboxylic acids is 1. The first kappa shape index (κ1) is 12.8. The number of nitrogens with one attached hydrogen (secondary N) is 1. The SMILES string of the molecule is Cc1cccc(NC(=O)CCc2csc(C)n2)c1. The van der Waals surface area contributed by atoms with E-state index in [0.717, 1.165) is 22.0 Å². The highest BCUT2D eigenvalue weighted by atomic mass is 32.1. The molecule has 0 fully saturated rings. The van der Waals surface area contributed by atoms with Crippen LogP contribution in [0.15, 0.2) is 29.6 Å². The monoisotopic (exact) mass is 260 g/mol. The highest BCUT2D eigenvalue weighted by molar-refractivity contribution is 7.09. The molecule has 3 nitrogen and oxygen atoms in total. The lowest BCUT2D eigenvalue weighted by Gasteiger charge is -2.05. The average molecular weight is 260 g/mol. The van der Waals surface area contributed by atoms with Crippen molar-refractivity contribution in [3.63, 3.8) is 0 Å². The van der Waals surface area contributed by atoms with Crippen LogP contribution < -0.4 is 5.32 Å². The molecule has 0 atom stereocenters. The Labute approximate surface area is 111 Å². The fourth-order valence-electron chi connectivity index (χ4n) is 1.71. The Morgan fingerprint density at radius 3 is 2.89 bits per heavy atom. The van der Waals surface area contributed by atoms with E-state index >= 15 is 0 Å². The molecule has 0 saturated carbocycles. The van der Waals surface area contributed by atoms with E-state index in [2.05, 4.69) is 10.3 Å². The van der Waals surface area contributed by atoms with Crippen molar-refractivity contribution in [2.75, 3.05) is 5.32 Å². The maximum absolute atomic E-state index is 11.8. The van der Waals surface area contributed by atoms with Gasteiger partial charge in [-0.05, 0) is 38.0 Å². The van der Waals surface area contributed by atoms with Gasteiger partial charge >= 0.3 is 0 Å². The molecule has 0 saturated heterocycles. The van der Waals surface area contributed by atoms with Gasteiger partial charge < -0.3 is 5.32 Å². The summed E-state index contributed by atoms with van der Waals surface area (Å²) in [6.07, 6.45) is 1.17. The number of aromatic nitrogens is 1. The normalized spacial score (nSPS) is 10.3. The minimum Gasteiger partial charge on any atom is -0.326 e. The van der Waals surface area contributed by atoms with Crippen LogP contribution >= 0.6 is 11.3 Å². The molecule has 0 bridgehead atoms. The van der Waals surface area contributed by atoms with Gasteiger partial charge in [0, 0.05) is 17.5 Å². The third-order valence-corrected chi connectivity index (χ3v) is 3.40. The molecule has 94 valence electrons. The molecule has 2 aromatic rings. The first-order chi connectivity index (χ1) is 8.63. The van der Waals surface area contributed by atoms with Gasteiger partial charge in [0.15, 0.2) is 0 Å². The summed E-state index contributed by atoms with van der Waals surface area (Å²) in [5, 5.41) is 5.95. The van der Waals surface area contributed by atoms with E-state index < -0.39 is 0 Å². The number of amides is 1. The molecule has 0 aliphatic rings. The number of aryl methyl sites for hydroxylation is 3. The number of hydrogen-bond donors (Lipinski definition) is 1. The Morgan fingerprint density at radius 1 is 1.39 bits per heavy atom. The van der Waals surface area contributed by atoms with Crippen molar-refractivity contribution >= 4 is 22.9 Å². The lowest BCUT2D eigenvalue weighted by Crippen LogP contribution is -2.12. The highest BCUT2D eigenvalue weighted by Crippen LogP contribution is 2.12. The van der Waals surface area contributed by atoms with Crippen molar-refractivity contribution in [2.45, 2.75) is 26.7 Å². The third kappa shape index (κ3) is 3.67. The molecule has 1 amide bonds. The number of thiazole rings is 1. The molecule has 0 radical (unpaired) electrons. The van der Waals surface area contributed by atoms with E-state index in [0.29, 0.717) is 12.8 Å². The van der Waals surface area contributed by atoms with Gasteiger partial charge in [-0.1, -0.05) is 12.1 Å². The van der Waals surface area contributed by atoms with Crippen LogP contribution in [0.3, 0.4) is 0 Å². The molecule has 0 unspecified atom stereocenters. The second kappa shape index (κ2) is 5.78. The first-order valence-corrected chi connectivity index (χ1v) is 6.79. The lowest BCUT2D eigenvalue weighted by molar-refractivity contribution is -0.116. The van der Waals surface area contributed by atoms with E-state index in [-0.39, 0.29) is 5.91 Å². The van der Waals surface area contributed by atoms with Crippen LogP contribution in [0.1, 0.15) is 22.7 Å². The highest BCUT2D eigenvalue weighted by Gasteiger charge is 2.05. The molecular formula is C14H16N2OS. The second-order valence-corrected chi connectivity index (χ2v) is 5.34. The number of nitrogens with zero attached hydrogens (tertiary/aromatic N) is 1. The van der Waals surface area contributed by atoms with E-state index in [9.17, 15) is 4.79 Å². The van der Waals surface area contributed by atoms with Crippen LogP contribution in [0.2, 0.25) is 0 Å². The average Bonchev–Trinajstić information content (AvgIpc) is 2.73. The Bertz CT molecular complexity index is 548. The third-order valence-electron chi connectivity index (χ3n) is 2.58. The summed E-state index contributed by atoms with van der Waals surface area (Å²) in [6, 6.07) is 7.81. The summed E-state index contributed by atoms with van der Waals surface area (Å²) in [6.45, 7) is 3.98. The van der Waals surface area contributed by atoms with Crippen LogP contribution in [-0.4, -0.2) is 10.9 Å². The molecule has 0 aliphatic heterocycles. The van der Waals surface area contributed by atoms with Gasteiger partial charge in [-0.3, -0.25) is 4.79 Å². The molecule has 18 heavy (non-hydrogen) atoms. The molecule has 0 aliphatic carbocycles. The summed E-state index contributed by atoms with van der Waals surface area (Å²) in [5.74, 6) is 0.0336. The summed E-state index contributed by atoms with van der Waals surface area (Å²) in [4.78, 5) is 16.1. The molecule has 1 N–H and O–H groups in total. The van der Waals surface area contributed by atoms with Crippen molar-refractivity contribution in [3.8, 4) is 0 Å². The smallest absolute Gasteiger partial charge is 0.224 e. The minimum absolute atomic E-state index is 0.0336. The predicted octanol–water partition coefficient (Wildman–Crippen LogP) is 3.33. The fraction of sp³-hybridized carbons (Fsp3) is 0.286. The maximum Gasteiger partial charge on any atom is 0.224 e. The zero-order valence-corrected chi connectivity index (χ0v) is 11.4. The van der Waals surface area contributed by atoms with E-state index in [1.807, 2.05) is 43.5 Å². The topological polar surface area (TPSA) is 42.0 Å².